The van der Waals surface area contributed by atoms with Crippen LogP contribution in [0.4, 0.5) is 0 Å². The molecule has 158 valence electrons. The van der Waals surface area contributed by atoms with Gasteiger partial charge < -0.3 is 14.1 Å². The van der Waals surface area contributed by atoms with E-state index in [2.05, 4.69) is 12.1 Å². The van der Waals surface area contributed by atoms with E-state index in [1.807, 2.05) is 62.4 Å². The van der Waals surface area contributed by atoms with Crippen molar-refractivity contribution in [3.8, 4) is 11.1 Å². The average Bonchev–Trinajstić information content (AvgIpc) is 3.26. The van der Waals surface area contributed by atoms with Crippen molar-refractivity contribution in [2.24, 2.45) is 0 Å². The van der Waals surface area contributed by atoms with E-state index < -0.39 is 5.60 Å². The van der Waals surface area contributed by atoms with Gasteiger partial charge in [-0.1, -0.05) is 54.6 Å². The number of benzene rings is 2. The molecule has 0 radical (unpaired) electrons. The summed E-state index contributed by atoms with van der Waals surface area (Å²) in [6.45, 7) is 4.26. The highest BCUT2D eigenvalue weighted by Gasteiger charge is 2.33. The van der Waals surface area contributed by atoms with Gasteiger partial charge in [-0.25, -0.2) is 0 Å². The van der Waals surface area contributed by atoms with Gasteiger partial charge >= 0.3 is 0 Å². The van der Waals surface area contributed by atoms with Gasteiger partial charge in [0.1, 0.15) is 11.4 Å². The zero-order valence-electron chi connectivity index (χ0n) is 17.7. The number of hydrogen-bond acceptors (Lipinski definition) is 4. The highest BCUT2D eigenvalue weighted by Crippen LogP contribution is 2.27. The highest BCUT2D eigenvalue weighted by molar-refractivity contribution is 6.01. The predicted octanol–water partition coefficient (Wildman–Crippen LogP) is 5.13. The Morgan fingerprint density at radius 3 is 2.29 bits per heavy atom. The lowest BCUT2D eigenvalue weighted by molar-refractivity contribution is -0.139. The Balaban J connectivity index is 1.57. The van der Waals surface area contributed by atoms with Crippen LogP contribution in [-0.2, 0) is 27.4 Å². The van der Waals surface area contributed by atoms with Crippen molar-refractivity contribution in [2.75, 3.05) is 0 Å². The molecule has 1 aromatic heterocycles. The molecule has 1 amide bonds. The van der Waals surface area contributed by atoms with Crippen LogP contribution in [0.1, 0.15) is 31.6 Å². The molecule has 5 nitrogen and oxygen atoms in total. The Morgan fingerprint density at radius 1 is 0.935 bits per heavy atom. The monoisotopic (exact) mass is 415 g/mol. The minimum absolute atomic E-state index is 0.0775. The molecule has 0 N–H and O–H groups in total. The third-order valence-corrected chi connectivity index (χ3v) is 5.14. The first-order chi connectivity index (χ1) is 14.9. The van der Waals surface area contributed by atoms with Gasteiger partial charge in [0.2, 0.25) is 0 Å². The van der Waals surface area contributed by atoms with Crippen LogP contribution in [0.3, 0.4) is 0 Å². The van der Waals surface area contributed by atoms with Crippen LogP contribution in [0, 0.1) is 0 Å². The fourth-order valence-electron chi connectivity index (χ4n) is 3.69. The van der Waals surface area contributed by atoms with E-state index in [0.717, 1.165) is 16.7 Å². The second kappa shape index (κ2) is 8.64. The van der Waals surface area contributed by atoms with Crippen molar-refractivity contribution in [2.45, 2.75) is 39.0 Å². The molecular formula is C26H25NO4. The van der Waals surface area contributed by atoms with Crippen LogP contribution >= 0.6 is 0 Å². The van der Waals surface area contributed by atoms with E-state index >= 15 is 0 Å². The van der Waals surface area contributed by atoms with Crippen molar-refractivity contribution in [3.63, 3.8) is 0 Å². The number of furan rings is 1. The number of ether oxygens (including phenoxy) is 1. The lowest BCUT2D eigenvalue weighted by Crippen LogP contribution is -2.39. The molecule has 0 saturated heterocycles. The van der Waals surface area contributed by atoms with Crippen LogP contribution in [0.25, 0.3) is 11.1 Å². The SMILES string of the molecule is CC1(C)CC(=O)C=C(C(=O)N(Cc2ccc(-c3ccccc3)cc2)Cc2ccco2)O1. The molecule has 4 rings (SSSR count). The Bertz CT molecular complexity index is 1080. The summed E-state index contributed by atoms with van der Waals surface area (Å²) >= 11 is 0. The minimum atomic E-state index is -0.704. The molecule has 5 heteroatoms. The molecule has 0 saturated carbocycles. The fourth-order valence-corrected chi connectivity index (χ4v) is 3.69. The summed E-state index contributed by atoms with van der Waals surface area (Å²) in [7, 11) is 0. The van der Waals surface area contributed by atoms with Crippen LogP contribution < -0.4 is 0 Å². The number of rotatable bonds is 6. The normalized spacial score (nSPS) is 15.2. The first-order valence-electron chi connectivity index (χ1n) is 10.3. The summed E-state index contributed by atoms with van der Waals surface area (Å²) in [5, 5.41) is 0. The number of carbonyl (C=O) groups is 2. The van der Waals surface area contributed by atoms with Gasteiger partial charge in [0.05, 0.1) is 12.8 Å². The fraction of sp³-hybridized carbons (Fsp3) is 0.231. The largest absolute Gasteiger partial charge is 0.481 e. The number of allylic oxidation sites excluding steroid dienone is 1. The Morgan fingerprint density at radius 2 is 1.65 bits per heavy atom. The second-order valence-corrected chi connectivity index (χ2v) is 8.32. The second-order valence-electron chi connectivity index (χ2n) is 8.32. The average molecular weight is 415 g/mol. The quantitative estimate of drug-likeness (QED) is 0.560. The molecule has 0 fully saturated rings. The molecule has 3 aromatic rings. The van der Waals surface area contributed by atoms with Crippen molar-refractivity contribution < 1.29 is 18.7 Å². The third kappa shape index (κ3) is 5.12. The van der Waals surface area contributed by atoms with Gasteiger partial charge in [-0.05, 0) is 42.7 Å². The number of nitrogens with zero attached hydrogens (tertiary/aromatic N) is 1. The third-order valence-electron chi connectivity index (χ3n) is 5.14. The summed E-state index contributed by atoms with van der Waals surface area (Å²) in [6.07, 6.45) is 3.14. The molecule has 1 aliphatic rings. The van der Waals surface area contributed by atoms with E-state index in [1.165, 1.54) is 6.08 Å². The molecule has 2 aromatic carbocycles. The summed E-state index contributed by atoms with van der Waals surface area (Å²) in [4.78, 5) is 27.0. The molecule has 0 bridgehead atoms. The molecule has 0 atom stereocenters. The molecule has 2 heterocycles. The molecule has 0 aliphatic carbocycles. The van der Waals surface area contributed by atoms with Gasteiger partial charge in [0, 0.05) is 19.0 Å². The maximum absolute atomic E-state index is 13.3. The van der Waals surface area contributed by atoms with Gasteiger partial charge in [0.15, 0.2) is 11.5 Å². The van der Waals surface area contributed by atoms with Crippen molar-refractivity contribution in [3.05, 3.63) is 96.2 Å². The van der Waals surface area contributed by atoms with Gasteiger partial charge in [-0.15, -0.1) is 0 Å². The zero-order chi connectivity index (χ0) is 21.8. The summed E-state index contributed by atoms with van der Waals surface area (Å²) in [6, 6.07) is 21.9. The predicted molar refractivity (Wildman–Crippen MR) is 118 cm³/mol. The highest BCUT2D eigenvalue weighted by atomic mass is 16.5. The van der Waals surface area contributed by atoms with Gasteiger partial charge in [-0.3, -0.25) is 9.59 Å². The summed E-state index contributed by atoms with van der Waals surface area (Å²) in [5.74, 6) is 0.305. The Hall–Kier alpha value is -3.60. The van der Waals surface area contributed by atoms with Crippen molar-refractivity contribution in [1.29, 1.82) is 0 Å². The number of ketones is 1. The zero-order valence-corrected chi connectivity index (χ0v) is 17.7. The minimum Gasteiger partial charge on any atom is -0.481 e. The van der Waals surface area contributed by atoms with E-state index in [0.29, 0.717) is 12.3 Å². The Kier molecular flexibility index (Phi) is 5.76. The van der Waals surface area contributed by atoms with Crippen LogP contribution in [-0.4, -0.2) is 22.2 Å². The van der Waals surface area contributed by atoms with Crippen LogP contribution in [0.5, 0.6) is 0 Å². The van der Waals surface area contributed by atoms with Gasteiger partial charge in [0.25, 0.3) is 5.91 Å². The van der Waals surface area contributed by atoms with Gasteiger partial charge in [-0.2, -0.15) is 0 Å². The van der Waals surface area contributed by atoms with Crippen LogP contribution in [0.15, 0.2) is 89.2 Å². The maximum atomic E-state index is 13.3. The molecule has 31 heavy (non-hydrogen) atoms. The van der Waals surface area contributed by atoms with Crippen molar-refractivity contribution >= 4 is 11.7 Å². The summed E-state index contributed by atoms with van der Waals surface area (Å²) < 4.78 is 11.3. The van der Waals surface area contributed by atoms with E-state index in [9.17, 15) is 9.59 Å². The lowest BCUT2D eigenvalue weighted by Gasteiger charge is -2.32. The molecule has 1 aliphatic heterocycles. The number of hydrogen-bond donors (Lipinski definition) is 0. The molecule has 0 spiro atoms. The Labute approximate surface area is 181 Å². The maximum Gasteiger partial charge on any atom is 0.289 e. The summed E-state index contributed by atoms with van der Waals surface area (Å²) in [5.41, 5.74) is 2.52. The first kappa shape index (κ1) is 20.7. The van der Waals surface area contributed by atoms with Crippen molar-refractivity contribution in [1.82, 2.24) is 4.90 Å². The first-order valence-corrected chi connectivity index (χ1v) is 10.3. The number of amides is 1. The van der Waals surface area contributed by atoms with E-state index in [-0.39, 0.29) is 30.4 Å². The van der Waals surface area contributed by atoms with E-state index in [4.69, 9.17) is 9.15 Å². The standard InChI is InChI=1S/C26H25NO4/c1-26(2)16-22(28)15-24(31-26)25(29)27(18-23-9-6-14-30-23)17-19-10-12-21(13-11-19)20-7-4-3-5-8-20/h3-15H,16-18H2,1-2H3. The molecular weight excluding hydrogens is 390 g/mol. The van der Waals surface area contributed by atoms with E-state index in [1.54, 1.807) is 17.2 Å². The topological polar surface area (TPSA) is 59.8 Å². The molecule has 0 unspecified atom stereocenters. The van der Waals surface area contributed by atoms with Crippen LogP contribution in [0.2, 0.25) is 0 Å². The lowest BCUT2D eigenvalue weighted by atomic mass is 9.98. The smallest absolute Gasteiger partial charge is 0.289 e. The number of carbonyl (C=O) groups excluding carboxylic acids is 2.